The minimum absolute atomic E-state index is 0.00706. The number of carbonyl (C=O) groups excluding carboxylic acids is 3. The third-order valence-electron chi connectivity index (χ3n) is 6.29. The Labute approximate surface area is 214 Å². The molecule has 4 atom stereocenters. The smallest absolute Gasteiger partial charge is 0.246 e. The van der Waals surface area contributed by atoms with Crippen LogP contribution in [-0.4, -0.2) is 69.1 Å². The predicted molar refractivity (Wildman–Crippen MR) is 137 cm³/mol. The van der Waals surface area contributed by atoms with Gasteiger partial charge in [-0.3, -0.25) is 14.4 Å². The molecule has 1 aromatic carbocycles. The van der Waals surface area contributed by atoms with Crippen LogP contribution in [0.2, 0.25) is 0 Å². The van der Waals surface area contributed by atoms with E-state index >= 15 is 0 Å². The van der Waals surface area contributed by atoms with Gasteiger partial charge in [0.1, 0.15) is 12.1 Å². The molecule has 2 aromatic rings. The molecule has 4 unspecified atom stereocenters. The summed E-state index contributed by atoms with van der Waals surface area (Å²) in [5.74, 6) is -1.27. The normalized spacial score (nSPS) is 19.6. The fourth-order valence-corrected chi connectivity index (χ4v) is 5.08. The SMILES string of the molecule is CC(NC(=O)C1CC(O)CN1C(=O)C(NC(=O)CN)C(C)(C)C)c1ccc(-c2scnc2CO)cc1. The molecule has 1 aliphatic heterocycles. The van der Waals surface area contributed by atoms with Gasteiger partial charge in [-0.1, -0.05) is 45.0 Å². The van der Waals surface area contributed by atoms with Gasteiger partial charge in [-0.05, 0) is 23.5 Å². The Morgan fingerprint density at radius 3 is 2.47 bits per heavy atom. The standard InChI is InChI=1S/C25H35N5O5S/c1-14(15-5-7-16(8-6-15)21-18(12-31)27-13-36-21)28-23(34)19-9-17(32)11-30(19)24(35)22(25(2,3)4)29-20(33)10-26/h5-8,13-14,17,19,22,31-32H,9-12,26H2,1-4H3,(H,28,34)(H,29,33). The maximum Gasteiger partial charge on any atom is 0.246 e. The Balaban J connectivity index is 1.73. The van der Waals surface area contributed by atoms with E-state index in [0.717, 1.165) is 16.0 Å². The van der Waals surface area contributed by atoms with E-state index in [-0.39, 0.29) is 38.1 Å². The number of aliphatic hydroxyl groups is 2. The Morgan fingerprint density at radius 2 is 1.89 bits per heavy atom. The second kappa shape index (κ2) is 11.5. The zero-order valence-electron chi connectivity index (χ0n) is 21.0. The number of aliphatic hydroxyl groups excluding tert-OH is 2. The first-order valence-corrected chi connectivity index (χ1v) is 12.8. The van der Waals surface area contributed by atoms with E-state index < -0.39 is 35.4 Å². The molecule has 3 amide bonds. The molecule has 36 heavy (non-hydrogen) atoms. The van der Waals surface area contributed by atoms with Crippen LogP contribution >= 0.6 is 11.3 Å². The largest absolute Gasteiger partial charge is 0.391 e. The molecule has 1 fully saturated rings. The second-order valence-electron chi connectivity index (χ2n) is 10.1. The first kappa shape index (κ1) is 27.7. The second-order valence-corrected chi connectivity index (χ2v) is 11.0. The minimum Gasteiger partial charge on any atom is -0.391 e. The van der Waals surface area contributed by atoms with Crippen molar-refractivity contribution in [1.82, 2.24) is 20.5 Å². The number of hydrogen-bond acceptors (Lipinski definition) is 8. The Morgan fingerprint density at radius 1 is 1.22 bits per heavy atom. The van der Waals surface area contributed by atoms with Crippen LogP contribution in [0.1, 0.15) is 51.4 Å². The van der Waals surface area contributed by atoms with Gasteiger partial charge in [0, 0.05) is 13.0 Å². The van der Waals surface area contributed by atoms with Crippen LogP contribution in [-0.2, 0) is 21.0 Å². The van der Waals surface area contributed by atoms with Crippen molar-refractivity contribution in [2.75, 3.05) is 13.1 Å². The lowest BCUT2D eigenvalue weighted by atomic mass is 9.85. The number of nitrogens with one attached hydrogen (secondary N) is 2. The van der Waals surface area contributed by atoms with Crippen molar-refractivity contribution in [1.29, 1.82) is 0 Å². The average Bonchev–Trinajstić information content (AvgIpc) is 3.47. The predicted octanol–water partition coefficient (Wildman–Crippen LogP) is 0.931. The van der Waals surface area contributed by atoms with Crippen LogP contribution in [0.25, 0.3) is 10.4 Å². The number of carbonyl (C=O) groups is 3. The van der Waals surface area contributed by atoms with Crippen molar-refractivity contribution in [2.45, 2.75) is 65.0 Å². The molecule has 1 saturated heterocycles. The molecule has 0 bridgehead atoms. The number of likely N-dealkylation sites (tertiary alicyclic amines) is 1. The molecule has 3 rings (SSSR count). The van der Waals surface area contributed by atoms with Crippen LogP contribution < -0.4 is 16.4 Å². The molecule has 0 radical (unpaired) electrons. The van der Waals surface area contributed by atoms with E-state index in [2.05, 4.69) is 15.6 Å². The van der Waals surface area contributed by atoms with E-state index in [9.17, 15) is 24.6 Å². The van der Waals surface area contributed by atoms with Crippen LogP contribution in [0, 0.1) is 5.41 Å². The Hall–Kier alpha value is -2.86. The lowest BCUT2D eigenvalue weighted by Gasteiger charge is -2.35. The third kappa shape index (κ3) is 6.28. The molecule has 10 nitrogen and oxygen atoms in total. The van der Waals surface area contributed by atoms with Crippen LogP contribution in [0.4, 0.5) is 0 Å². The van der Waals surface area contributed by atoms with Gasteiger partial charge < -0.3 is 31.5 Å². The highest BCUT2D eigenvalue weighted by molar-refractivity contribution is 7.13. The molecular formula is C25H35N5O5S. The molecule has 6 N–H and O–H groups in total. The highest BCUT2D eigenvalue weighted by Gasteiger charge is 2.44. The summed E-state index contributed by atoms with van der Waals surface area (Å²) in [7, 11) is 0. The number of amides is 3. The minimum atomic E-state index is -0.894. The van der Waals surface area contributed by atoms with Gasteiger partial charge >= 0.3 is 0 Å². The number of thiazole rings is 1. The molecule has 1 aromatic heterocycles. The quantitative estimate of drug-likeness (QED) is 0.348. The van der Waals surface area contributed by atoms with E-state index in [1.165, 1.54) is 16.2 Å². The summed E-state index contributed by atoms with van der Waals surface area (Å²) in [6, 6.07) is 5.50. The van der Waals surface area contributed by atoms with E-state index in [1.807, 2.05) is 52.0 Å². The fraction of sp³-hybridized carbons (Fsp3) is 0.520. The van der Waals surface area contributed by atoms with Crippen LogP contribution in [0.15, 0.2) is 29.8 Å². The first-order valence-electron chi connectivity index (χ1n) is 11.9. The lowest BCUT2D eigenvalue weighted by molar-refractivity contribution is -0.144. The number of hydrogen-bond donors (Lipinski definition) is 5. The number of aromatic nitrogens is 1. The summed E-state index contributed by atoms with van der Waals surface area (Å²) in [5.41, 5.74) is 8.89. The maximum absolute atomic E-state index is 13.4. The maximum atomic E-state index is 13.4. The summed E-state index contributed by atoms with van der Waals surface area (Å²) in [6.07, 6.45) is -0.731. The van der Waals surface area contributed by atoms with Gasteiger partial charge in [-0.2, -0.15) is 0 Å². The Bertz CT molecular complexity index is 1080. The van der Waals surface area contributed by atoms with Gasteiger partial charge in [-0.15, -0.1) is 11.3 Å². The summed E-state index contributed by atoms with van der Waals surface area (Å²) in [6.45, 7) is 6.90. The molecule has 11 heteroatoms. The molecule has 0 aliphatic carbocycles. The van der Waals surface area contributed by atoms with Crippen LogP contribution in [0.5, 0.6) is 0 Å². The van der Waals surface area contributed by atoms with Crippen molar-refractivity contribution < 1.29 is 24.6 Å². The molecule has 0 saturated carbocycles. The number of nitrogens with two attached hydrogens (primary N) is 1. The van der Waals surface area contributed by atoms with Crippen LogP contribution in [0.3, 0.4) is 0 Å². The zero-order chi connectivity index (χ0) is 26.6. The van der Waals surface area contributed by atoms with E-state index in [0.29, 0.717) is 5.69 Å². The topological polar surface area (TPSA) is 158 Å². The molecule has 2 heterocycles. The van der Waals surface area contributed by atoms with E-state index in [4.69, 9.17) is 5.73 Å². The first-order chi connectivity index (χ1) is 17.0. The van der Waals surface area contributed by atoms with E-state index in [1.54, 1.807) is 5.51 Å². The molecular weight excluding hydrogens is 482 g/mol. The van der Waals surface area contributed by atoms with Gasteiger partial charge in [-0.25, -0.2) is 4.98 Å². The number of β-amino-alcohol motifs (C(OH)–C–C–N with tert-alkyl or cyclic N) is 1. The number of nitrogens with zero attached hydrogens (tertiary/aromatic N) is 2. The Kier molecular flexibility index (Phi) is 8.83. The summed E-state index contributed by atoms with van der Waals surface area (Å²) in [5, 5.41) is 25.4. The third-order valence-corrected chi connectivity index (χ3v) is 7.21. The van der Waals surface area contributed by atoms with Crippen molar-refractivity contribution in [3.05, 3.63) is 41.0 Å². The van der Waals surface area contributed by atoms with Gasteiger partial charge in [0.05, 0.1) is 41.4 Å². The van der Waals surface area contributed by atoms with Gasteiger partial charge in [0.2, 0.25) is 17.7 Å². The summed E-state index contributed by atoms with van der Waals surface area (Å²) in [4.78, 5) is 45.0. The van der Waals surface area contributed by atoms with Gasteiger partial charge in [0.15, 0.2) is 0 Å². The average molecular weight is 518 g/mol. The number of benzene rings is 1. The molecule has 0 spiro atoms. The zero-order valence-corrected chi connectivity index (χ0v) is 21.8. The summed E-state index contributed by atoms with van der Waals surface area (Å²) >= 11 is 1.45. The fourth-order valence-electron chi connectivity index (χ4n) is 4.27. The highest BCUT2D eigenvalue weighted by Crippen LogP contribution is 2.30. The molecule has 196 valence electrons. The highest BCUT2D eigenvalue weighted by atomic mass is 32.1. The van der Waals surface area contributed by atoms with Crippen molar-refractivity contribution in [3.63, 3.8) is 0 Å². The monoisotopic (exact) mass is 517 g/mol. The summed E-state index contributed by atoms with van der Waals surface area (Å²) < 4.78 is 0. The van der Waals surface area contributed by atoms with Crippen molar-refractivity contribution >= 4 is 29.1 Å². The lowest BCUT2D eigenvalue weighted by Crippen LogP contribution is -2.58. The van der Waals surface area contributed by atoms with Crippen molar-refractivity contribution in [2.24, 2.45) is 11.1 Å². The van der Waals surface area contributed by atoms with Crippen molar-refractivity contribution in [3.8, 4) is 10.4 Å². The number of rotatable bonds is 8. The van der Waals surface area contributed by atoms with Gasteiger partial charge in [0.25, 0.3) is 0 Å². The molecule has 1 aliphatic rings.